The summed E-state index contributed by atoms with van der Waals surface area (Å²) in [4.78, 5) is 2.26. The van der Waals surface area contributed by atoms with Gasteiger partial charge < -0.3 is 10.6 Å². The van der Waals surface area contributed by atoms with Crippen molar-refractivity contribution in [3.05, 3.63) is 0 Å². The highest BCUT2D eigenvalue weighted by Gasteiger charge is 2.36. The molecule has 0 aromatic carbocycles. The molecule has 0 aromatic rings. The summed E-state index contributed by atoms with van der Waals surface area (Å²) < 4.78 is 0. The van der Waals surface area contributed by atoms with Crippen LogP contribution in [0.3, 0.4) is 0 Å². The van der Waals surface area contributed by atoms with Gasteiger partial charge in [-0.15, -0.1) is 0 Å². The van der Waals surface area contributed by atoms with E-state index in [1.54, 1.807) is 0 Å². The predicted molar refractivity (Wildman–Crippen MR) is 57.7 cm³/mol. The van der Waals surface area contributed by atoms with E-state index < -0.39 is 0 Å². The van der Waals surface area contributed by atoms with Crippen LogP contribution in [0.2, 0.25) is 0 Å². The lowest BCUT2D eigenvalue weighted by Gasteiger charge is -2.42. The van der Waals surface area contributed by atoms with E-state index in [9.17, 15) is 0 Å². The molecule has 1 fully saturated rings. The molecule has 2 unspecified atom stereocenters. The molecule has 2 nitrogen and oxygen atoms in total. The third-order valence-electron chi connectivity index (χ3n) is 3.41. The van der Waals surface area contributed by atoms with Crippen LogP contribution in [-0.2, 0) is 0 Å². The fraction of sp³-hybridized carbons (Fsp3) is 1.00. The lowest BCUT2D eigenvalue weighted by atomic mass is 9.68. The van der Waals surface area contributed by atoms with Crippen molar-refractivity contribution in [1.29, 1.82) is 0 Å². The van der Waals surface area contributed by atoms with Crippen LogP contribution in [0, 0.1) is 11.3 Å². The summed E-state index contributed by atoms with van der Waals surface area (Å²) in [5.41, 5.74) is 6.62. The van der Waals surface area contributed by atoms with Gasteiger partial charge in [-0.2, -0.15) is 0 Å². The molecule has 1 aliphatic carbocycles. The van der Waals surface area contributed by atoms with E-state index >= 15 is 0 Å². The molecule has 0 radical (unpaired) electrons. The number of rotatable bonds is 2. The first-order chi connectivity index (χ1) is 5.93. The lowest BCUT2D eigenvalue weighted by molar-refractivity contribution is 0.117. The smallest absolute Gasteiger partial charge is 0.0131 e. The number of hydrogen-bond donors (Lipinski definition) is 1. The Bertz CT molecular complexity index is 163. The molecule has 78 valence electrons. The fourth-order valence-electron chi connectivity index (χ4n) is 2.48. The van der Waals surface area contributed by atoms with Crippen molar-refractivity contribution in [2.45, 2.75) is 39.2 Å². The van der Waals surface area contributed by atoms with Crippen molar-refractivity contribution in [1.82, 2.24) is 4.90 Å². The first-order valence-corrected chi connectivity index (χ1v) is 5.34. The normalized spacial score (nSPS) is 33.7. The largest absolute Gasteiger partial charge is 0.327 e. The molecule has 13 heavy (non-hydrogen) atoms. The Morgan fingerprint density at radius 2 is 2.00 bits per heavy atom. The second-order valence-corrected chi connectivity index (χ2v) is 5.43. The molecule has 0 bridgehead atoms. The monoisotopic (exact) mass is 184 g/mol. The van der Waals surface area contributed by atoms with E-state index in [0.29, 0.717) is 17.4 Å². The van der Waals surface area contributed by atoms with Crippen molar-refractivity contribution >= 4 is 0 Å². The minimum absolute atomic E-state index is 0.346. The summed E-state index contributed by atoms with van der Waals surface area (Å²) >= 11 is 0. The zero-order valence-corrected chi connectivity index (χ0v) is 9.51. The SMILES string of the molecule is CN(C)CC1CCCC(C)(C)C1N. The second-order valence-electron chi connectivity index (χ2n) is 5.43. The maximum Gasteiger partial charge on any atom is 0.0131 e. The van der Waals surface area contributed by atoms with Crippen LogP contribution in [0.4, 0.5) is 0 Å². The Balaban J connectivity index is 2.55. The van der Waals surface area contributed by atoms with Crippen molar-refractivity contribution in [3.63, 3.8) is 0 Å². The molecule has 0 amide bonds. The van der Waals surface area contributed by atoms with Crippen molar-refractivity contribution in [2.75, 3.05) is 20.6 Å². The van der Waals surface area contributed by atoms with Crippen LogP contribution in [0.1, 0.15) is 33.1 Å². The first kappa shape index (κ1) is 11.0. The molecular weight excluding hydrogens is 160 g/mol. The van der Waals surface area contributed by atoms with E-state index in [1.807, 2.05) is 0 Å². The van der Waals surface area contributed by atoms with Gasteiger partial charge in [0.25, 0.3) is 0 Å². The van der Waals surface area contributed by atoms with Crippen LogP contribution in [0.5, 0.6) is 0 Å². The van der Waals surface area contributed by atoms with Gasteiger partial charge in [-0.25, -0.2) is 0 Å². The molecule has 2 N–H and O–H groups in total. The molecule has 0 spiro atoms. The molecule has 0 aliphatic heterocycles. The van der Waals surface area contributed by atoms with Crippen molar-refractivity contribution in [2.24, 2.45) is 17.1 Å². The average Bonchev–Trinajstić information content (AvgIpc) is 1.98. The van der Waals surface area contributed by atoms with Crippen LogP contribution in [0.15, 0.2) is 0 Å². The Morgan fingerprint density at radius 1 is 1.38 bits per heavy atom. The van der Waals surface area contributed by atoms with Crippen LogP contribution in [0.25, 0.3) is 0 Å². The van der Waals surface area contributed by atoms with Crippen molar-refractivity contribution < 1.29 is 0 Å². The van der Waals surface area contributed by atoms with Gasteiger partial charge in [-0.3, -0.25) is 0 Å². The van der Waals surface area contributed by atoms with E-state index in [0.717, 1.165) is 6.54 Å². The lowest BCUT2D eigenvalue weighted by Crippen LogP contribution is -2.49. The minimum atomic E-state index is 0.346. The predicted octanol–water partition coefficient (Wildman–Crippen LogP) is 1.70. The standard InChI is InChI=1S/C11H24N2/c1-11(2)7-5-6-9(10(11)12)8-13(3)4/h9-10H,5-8,12H2,1-4H3. The molecule has 0 heterocycles. The number of nitrogens with zero attached hydrogens (tertiary/aromatic N) is 1. The molecule has 2 atom stereocenters. The van der Waals surface area contributed by atoms with E-state index in [4.69, 9.17) is 5.73 Å². The van der Waals surface area contributed by atoms with Gasteiger partial charge in [-0.05, 0) is 38.3 Å². The third-order valence-corrected chi connectivity index (χ3v) is 3.41. The number of hydrogen-bond acceptors (Lipinski definition) is 2. The van der Waals surface area contributed by atoms with Crippen LogP contribution in [-0.4, -0.2) is 31.6 Å². The minimum Gasteiger partial charge on any atom is -0.327 e. The van der Waals surface area contributed by atoms with Crippen LogP contribution < -0.4 is 5.73 Å². The maximum absolute atomic E-state index is 6.28. The highest BCUT2D eigenvalue weighted by atomic mass is 15.1. The molecule has 1 aliphatic rings. The molecule has 0 aromatic heterocycles. The molecule has 2 heteroatoms. The Morgan fingerprint density at radius 3 is 2.54 bits per heavy atom. The second kappa shape index (κ2) is 3.97. The maximum atomic E-state index is 6.28. The summed E-state index contributed by atoms with van der Waals surface area (Å²) in [6.45, 7) is 5.75. The third kappa shape index (κ3) is 2.68. The van der Waals surface area contributed by atoms with Gasteiger partial charge >= 0.3 is 0 Å². The van der Waals surface area contributed by atoms with Gasteiger partial charge in [0.05, 0.1) is 0 Å². The molecule has 1 rings (SSSR count). The fourth-order valence-corrected chi connectivity index (χ4v) is 2.48. The summed E-state index contributed by atoms with van der Waals surface area (Å²) in [5.74, 6) is 0.693. The first-order valence-electron chi connectivity index (χ1n) is 5.34. The van der Waals surface area contributed by atoms with Gasteiger partial charge in [0.15, 0.2) is 0 Å². The number of nitrogens with two attached hydrogens (primary N) is 1. The quantitative estimate of drug-likeness (QED) is 0.708. The summed E-state index contributed by atoms with van der Waals surface area (Å²) in [6, 6.07) is 0.378. The molecule has 0 saturated heterocycles. The highest BCUT2D eigenvalue weighted by molar-refractivity contribution is 4.91. The van der Waals surface area contributed by atoms with Gasteiger partial charge in [0.2, 0.25) is 0 Å². The topological polar surface area (TPSA) is 29.3 Å². The zero-order valence-electron chi connectivity index (χ0n) is 9.51. The summed E-state index contributed by atoms with van der Waals surface area (Å²) in [7, 11) is 4.27. The van der Waals surface area contributed by atoms with Gasteiger partial charge in [0.1, 0.15) is 0 Å². The summed E-state index contributed by atoms with van der Waals surface area (Å²) in [6.07, 6.45) is 3.94. The molecular formula is C11H24N2. The van der Waals surface area contributed by atoms with Crippen LogP contribution >= 0.6 is 0 Å². The summed E-state index contributed by atoms with van der Waals surface area (Å²) in [5, 5.41) is 0. The highest BCUT2D eigenvalue weighted by Crippen LogP contribution is 2.37. The van der Waals surface area contributed by atoms with E-state index in [-0.39, 0.29) is 0 Å². The van der Waals surface area contributed by atoms with E-state index in [1.165, 1.54) is 19.3 Å². The Labute approximate surface area is 82.5 Å². The van der Waals surface area contributed by atoms with E-state index in [2.05, 4.69) is 32.8 Å². The Hall–Kier alpha value is -0.0800. The average molecular weight is 184 g/mol. The Kier molecular flexibility index (Phi) is 3.36. The zero-order chi connectivity index (χ0) is 10.1. The molecule has 1 saturated carbocycles. The van der Waals surface area contributed by atoms with Gasteiger partial charge in [-0.1, -0.05) is 20.3 Å². The van der Waals surface area contributed by atoms with Gasteiger partial charge in [0, 0.05) is 12.6 Å². The van der Waals surface area contributed by atoms with Crippen molar-refractivity contribution in [3.8, 4) is 0 Å².